The summed E-state index contributed by atoms with van der Waals surface area (Å²) in [6.45, 7) is 1.48. The van der Waals surface area contributed by atoms with Gasteiger partial charge in [0.15, 0.2) is 0 Å². The van der Waals surface area contributed by atoms with E-state index in [4.69, 9.17) is 27.9 Å². The Morgan fingerprint density at radius 1 is 1.04 bits per heavy atom. The molecule has 0 aromatic heterocycles. The van der Waals surface area contributed by atoms with Crippen molar-refractivity contribution in [3.63, 3.8) is 0 Å². The fraction of sp³-hybridized carbons (Fsp3) is 0.278. The van der Waals surface area contributed by atoms with Crippen molar-refractivity contribution < 1.29 is 9.53 Å². The normalized spacial score (nSPS) is 10.5. The second kappa shape index (κ2) is 9.52. The third-order valence-corrected chi connectivity index (χ3v) is 3.92. The molecule has 2 rings (SSSR count). The van der Waals surface area contributed by atoms with Crippen LogP contribution in [0.3, 0.4) is 0 Å². The van der Waals surface area contributed by atoms with Crippen molar-refractivity contribution in [3.8, 4) is 0 Å². The molecule has 0 aliphatic heterocycles. The number of carbonyl (C=O) groups is 1. The Morgan fingerprint density at radius 2 is 1.71 bits per heavy atom. The van der Waals surface area contributed by atoms with Crippen LogP contribution in [0.25, 0.3) is 0 Å². The number of carbonyl (C=O) groups excluding carboxylic acids is 1. The lowest BCUT2D eigenvalue weighted by atomic mass is 10.1. The van der Waals surface area contributed by atoms with Gasteiger partial charge in [0.2, 0.25) is 0 Å². The van der Waals surface area contributed by atoms with Gasteiger partial charge in [0, 0.05) is 30.2 Å². The molecule has 2 aromatic rings. The highest BCUT2D eigenvalue weighted by Gasteiger charge is 2.05. The van der Waals surface area contributed by atoms with Crippen molar-refractivity contribution in [2.45, 2.75) is 19.6 Å². The number of nitrogens with one attached hydrogen (secondary N) is 2. The van der Waals surface area contributed by atoms with E-state index in [0.29, 0.717) is 36.2 Å². The lowest BCUT2D eigenvalue weighted by molar-refractivity contribution is 0.184. The van der Waals surface area contributed by atoms with Crippen molar-refractivity contribution in [3.05, 3.63) is 69.2 Å². The highest BCUT2D eigenvalue weighted by Crippen LogP contribution is 2.19. The number of urea groups is 1. The van der Waals surface area contributed by atoms with Gasteiger partial charge in [-0.1, -0.05) is 47.5 Å². The average molecular weight is 367 g/mol. The van der Waals surface area contributed by atoms with E-state index >= 15 is 0 Å². The van der Waals surface area contributed by atoms with E-state index in [0.717, 1.165) is 16.7 Å². The number of rotatable bonds is 7. The molecule has 2 amide bonds. The summed E-state index contributed by atoms with van der Waals surface area (Å²) in [5.74, 6) is 0. The highest BCUT2D eigenvalue weighted by atomic mass is 35.5. The van der Waals surface area contributed by atoms with Crippen LogP contribution in [0.15, 0.2) is 42.5 Å². The van der Waals surface area contributed by atoms with Gasteiger partial charge in [-0.2, -0.15) is 0 Å². The summed E-state index contributed by atoms with van der Waals surface area (Å²) in [5, 5.41) is 6.86. The minimum Gasteiger partial charge on any atom is -0.380 e. The van der Waals surface area contributed by atoms with E-state index in [2.05, 4.69) is 10.6 Å². The minimum absolute atomic E-state index is 0.213. The quantitative estimate of drug-likeness (QED) is 0.771. The van der Waals surface area contributed by atoms with E-state index in [1.54, 1.807) is 13.2 Å². The predicted octanol–water partition coefficient (Wildman–Crippen LogP) is 4.18. The summed E-state index contributed by atoms with van der Waals surface area (Å²) in [6, 6.07) is 13.0. The number of halogens is 2. The molecule has 2 N–H and O–H groups in total. The van der Waals surface area contributed by atoms with Gasteiger partial charge >= 0.3 is 6.03 Å². The summed E-state index contributed by atoms with van der Waals surface area (Å²) < 4.78 is 5.16. The van der Waals surface area contributed by atoms with Gasteiger partial charge < -0.3 is 15.4 Å². The first kappa shape index (κ1) is 18.6. The molecular weight excluding hydrogens is 347 g/mol. The first-order valence-electron chi connectivity index (χ1n) is 7.61. The van der Waals surface area contributed by atoms with Crippen molar-refractivity contribution in [2.24, 2.45) is 0 Å². The fourth-order valence-corrected chi connectivity index (χ4v) is 2.91. The van der Waals surface area contributed by atoms with E-state index in [9.17, 15) is 4.79 Å². The first-order valence-corrected chi connectivity index (χ1v) is 8.36. The molecule has 128 valence electrons. The molecule has 2 aromatic carbocycles. The third kappa shape index (κ3) is 6.04. The molecule has 0 saturated heterocycles. The summed E-state index contributed by atoms with van der Waals surface area (Å²) in [6.07, 6.45) is 0.661. The Bertz CT molecular complexity index is 672. The van der Waals surface area contributed by atoms with Crippen LogP contribution in [0, 0.1) is 0 Å². The van der Waals surface area contributed by atoms with Gasteiger partial charge in [-0.3, -0.25) is 0 Å². The summed E-state index contributed by atoms with van der Waals surface area (Å²) in [5.41, 5.74) is 3.09. The lowest BCUT2D eigenvalue weighted by Crippen LogP contribution is -2.36. The summed E-state index contributed by atoms with van der Waals surface area (Å²) in [7, 11) is 1.65. The number of benzene rings is 2. The molecule has 0 unspecified atom stereocenters. The number of ether oxygens (including phenoxy) is 1. The van der Waals surface area contributed by atoms with Crippen LogP contribution in [-0.2, 0) is 24.3 Å². The Balaban J connectivity index is 1.77. The Kier molecular flexibility index (Phi) is 7.37. The zero-order valence-corrected chi connectivity index (χ0v) is 15.0. The maximum absolute atomic E-state index is 11.9. The van der Waals surface area contributed by atoms with Crippen LogP contribution in [-0.4, -0.2) is 19.7 Å². The van der Waals surface area contributed by atoms with Crippen molar-refractivity contribution >= 4 is 29.2 Å². The van der Waals surface area contributed by atoms with Crippen LogP contribution < -0.4 is 10.6 Å². The van der Waals surface area contributed by atoms with Crippen LogP contribution in [0.1, 0.15) is 16.7 Å². The van der Waals surface area contributed by atoms with Gasteiger partial charge in [0.25, 0.3) is 0 Å². The molecule has 24 heavy (non-hydrogen) atoms. The SMILES string of the molecule is COCc1ccccc1CNC(=O)NCCc1cc(Cl)cc(Cl)c1. The molecular formula is C18H20Cl2N2O2. The molecule has 0 spiro atoms. The number of hydrogen-bond acceptors (Lipinski definition) is 2. The molecule has 0 saturated carbocycles. The van der Waals surface area contributed by atoms with Crippen LogP contribution >= 0.6 is 23.2 Å². The number of amides is 2. The maximum atomic E-state index is 11.9. The van der Waals surface area contributed by atoms with Crippen LogP contribution in [0.4, 0.5) is 4.79 Å². The monoisotopic (exact) mass is 366 g/mol. The first-order chi connectivity index (χ1) is 11.6. The van der Waals surface area contributed by atoms with Gasteiger partial charge in [0.1, 0.15) is 0 Å². The van der Waals surface area contributed by atoms with Crippen LogP contribution in [0.5, 0.6) is 0 Å². The fourth-order valence-electron chi connectivity index (χ4n) is 2.34. The molecule has 0 fully saturated rings. The van der Waals surface area contributed by atoms with E-state index in [-0.39, 0.29) is 6.03 Å². The molecule has 4 nitrogen and oxygen atoms in total. The topological polar surface area (TPSA) is 50.4 Å². The maximum Gasteiger partial charge on any atom is 0.315 e. The number of hydrogen-bond donors (Lipinski definition) is 2. The molecule has 0 heterocycles. The lowest BCUT2D eigenvalue weighted by Gasteiger charge is -2.11. The molecule has 0 bridgehead atoms. The Morgan fingerprint density at radius 3 is 2.38 bits per heavy atom. The molecule has 0 aliphatic carbocycles. The van der Waals surface area contributed by atoms with E-state index < -0.39 is 0 Å². The average Bonchev–Trinajstić information content (AvgIpc) is 2.53. The van der Waals surface area contributed by atoms with Crippen molar-refractivity contribution in [1.29, 1.82) is 0 Å². The summed E-state index contributed by atoms with van der Waals surface area (Å²) in [4.78, 5) is 11.9. The minimum atomic E-state index is -0.213. The molecule has 0 atom stereocenters. The largest absolute Gasteiger partial charge is 0.380 e. The van der Waals surface area contributed by atoms with Crippen LogP contribution in [0.2, 0.25) is 10.0 Å². The molecule has 6 heteroatoms. The van der Waals surface area contributed by atoms with E-state index in [1.165, 1.54) is 0 Å². The number of methoxy groups -OCH3 is 1. The second-order valence-electron chi connectivity index (χ2n) is 5.34. The van der Waals surface area contributed by atoms with Crippen molar-refractivity contribution in [2.75, 3.05) is 13.7 Å². The molecule has 0 radical (unpaired) electrons. The second-order valence-corrected chi connectivity index (χ2v) is 6.21. The zero-order valence-electron chi connectivity index (χ0n) is 13.4. The van der Waals surface area contributed by atoms with Crippen molar-refractivity contribution in [1.82, 2.24) is 10.6 Å². The molecule has 0 aliphatic rings. The van der Waals surface area contributed by atoms with E-state index in [1.807, 2.05) is 36.4 Å². The Hall–Kier alpha value is -1.75. The van der Waals surface area contributed by atoms with Gasteiger partial charge in [0.05, 0.1) is 6.61 Å². The standard InChI is InChI=1S/C18H20Cl2N2O2/c1-24-12-15-5-3-2-4-14(15)11-22-18(23)21-7-6-13-8-16(19)10-17(20)9-13/h2-5,8-10H,6-7,11-12H2,1H3,(H2,21,22,23). The highest BCUT2D eigenvalue weighted by molar-refractivity contribution is 6.34. The predicted molar refractivity (Wildman–Crippen MR) is 97.6 cm³/mol. The van der Waals surface area contributed by atoms with Gasteiger partial charge in [-0.05, 0) is 41.3 Å². The zero-order chi connectivity index (χ0) is 17.4. The Labute approximate surface area is 152 Å². The van der Waals surface area contributed by atoms with Gasteiger partial charge in [-0.25, -0.2) is 4.79 Å². The summed E-state index contributed by atoms with van der Waals surface area (Å²) >= 11 is 11.9. The smallest absolute Gasteiger partial charge is 0.315 e. The van der Waals surface area contributed by atoms with Gasteiger partial charge in [-0.15, -0.1) is 0 Å². The third-order valence-electron chi connectivity index (χ3n) is 3.48.